The van der Waals surface area contributed by atoms with E-state index in [1.807, 2.05) is 0 Å². The van der Waals surface area contributed by atoms with Crippen LogP contribution in [-0.2, 0) is 32.7 Å². The first kappa shape index (κ1) is 59.5. The number of carbonyl (C=O) groups is 2. The maximum absolute atomic E-state index is 12.6. The van der Waals surface area contributed by atoms with Crippen LogP contribution in [0.15, 0.2) is 24.3 Å². The summed E-state index contributed by atoms with van der Waals surface area (Å²) >= 11 is 0. The number of hydrogen-bond donors (Lipinski definition) is 1. The molecular formula is C52H99O8P. The van der Waals surface area contributed by atoms with Gasteiger partial charge in [-0.3, -0.25) is 18.6 Å². The molecule has 0 aromatic rings. The smallest absolute Gasteiger partial charge is 0.462 e. The van der Waals surface area contributed by atoms with E-state index in [-0.39, 0.29) is 19.0 Å². The van der Waals surface area contributed by atoms with Crippen molar-refractivity contribution in [1.29, 1.82) is 0 Å². The normalized spacial score (nSPS) is 13.3. The van der Waals surface area contributed by atoms with E-state index >= 15 is 0 Å². The van der Waals surface area contributed by atoms with Crippen molar-refractivity contribution < 1.29 is 37.6 Å². The third-order valence-corrected chi connectivity index (χ3v) is 12.6. The fraction of sp³-hybridized carbons (Fsp3) is 0.885. The number of phosphoric acid groups is 1. The molecule has 1 N–H and O–H groups in total. The van der Waals surface area contributed by atoms with Gasteiger partial charge in [-0.1, -0.05) is 237 Å². The Morgan fingerprint density at radius 2 is 0.787 bits per heavy atom. The molecule has 0 radical (unpaired) electrons. The Morgan fingerprint density at radius 1 is 0.459 bits per heavy atom. The van der Waals surface area contributed by atoms with Gasteiger partial charge < -0.3 is 14.4 Å². The summed E-state index contributed by atoms with van der Waals surface area (Å²) in [5, 5.41) is 0. The molecule has 9 heteroatoms. The van der Waals surface area contributed by atoms with Crippen LogP contribution < -0.4 is 0 Å². The van der Waals surface area contributed by atoms with E-state index in [2.05, 4.69) is 42.7 Å². The van der Waals surface area contributed by atoms with Crippen LogP contribution >= 0.6 is 7.82 Å². The number of carbonyl (C=O) groups excluding carboxylic acids is 2. The molecule has 0 aromatic heterocycles. The molecule has 0 aromatic carbocycles. The van der Waals surface area contributed by atoms with Crippen molar-refractivity contribution in [2.24, 2.45) is 0 Å². The van der Waals surface area contributed by atoms with E-state index < -0.39 is 26.5 Å². The van der Waals surface area contributed by atoms with Gasteiger partial charge >= 0.3 is 19.8 Å². The Bertz CT molecular complexity index is 1050. The number of unbranched alkanes of at least 4 members (excludes halogenated alkanes) is 34. The zero-order valence-electron chi connectivity index (χ0n) is 40.3. The first-order valence-electron chi connectivity index (χ1n) is 26.0. The van der Waals surface area contributed by atoms with E-state index in [0.717, 1.165) is 52.1 Å². The Labute approximate surface area is 377 Å². The maximum atomic E-state index is 12.6. The lowest BCUT2D eigenvalue weighted by Gasteiger charge is -2.19. The third kappa shape index (κ3) is 47.8. The second-order valence-electron chi connectivity index (χ2n) is 17.7. The first-order chi connectivity index (χ1) is 29.8. The Morgan fingerprint density at radius 3 is 1.15 bits per heavy atom. The minimum atomic E-state index is -4.27. The van der Waals surface area contributed by atoms with Gasteiger partial charge in [0.1, 0.15) is 6.61 Å². The van der Waals surface area contributed by atoms with Gasteiger partial charge in [-0.15, -0.1) is 0 Å². The molecule has 0 bridgehead atoms. The lowest BCUT2D eigenvalue weighted by Crippen LogP contribution is -2.29. The van der Waals surface area contributed by atoms with Crippen molar-refractivity contribution in [3.63, 3.8) is 0 Å². The molecule has 8 nitrogen and oxygen atoms in total. The van der Waals surface area contributed by atoms with Crippen LogP contribution in [0, 0.1) is 0 Å². The van der Waals surface area contributed by atoms with Crippen LogP contribution in [0.25, 0.3) is 0 Å². The largest absolute Gasteiger partial charge is 0.472 e. The fourth-order valence-corrected chi connectivity index (χ4v) is 8.15. The standard InChI is InChI=1S/C52H99O8P/c1-4-6-8-10-12-14-16-18-20-22-24-26-28-30-32-34-36-38-40-42-44-46-51(53)58-48-50(49-59-61(55,56)57-3)60-52(54)47-45-43-41-39-37-35-33-31-29-27-25-23-21-19-17-15-13-11-9-7-5-2/h17,19,23,25,50H,4-16,18,20-22,24,26-49H2,1-3H3,(H,55,56)/b19-17-,25-23-. The third-order valence-electron chi connectivity index (χ3n) is 11.7. The highest BCUT2D eigenvalue weighted by Gasteiger charge is 2.24. The summed E-state index contributed by atoms with van der Waals surface area (Å²) < 4.78 is 32.2. The fourth-order valence-electron chi connectivity index (χ4n) is 7.69. The summed E-state index contributed by atoms with van der Waals surface area (Å²) in [7, 11) is -3.20. The monoisotopic (exact) mass is 883 g/mol. The highest BCUT2D eigenvalue weighted by Crippen LogP contribution is 2.42. The Kier molecular flexibility index (Phi) is 46.8. The number of phosphoric ester groups is 1. The minimum Gasteiger partial charge on any atom is -0.462 e. The summed E-state index contributed by atoms with van der Waals surface area (Å²) in [5.41, 5.74) is 0. The molecule has 2 unspecified atom stereocenters. The van der Waals surface area contributed by atoms with Crippen molar-refractivity contribution in [2.75, 3.05) is 20.3 Å². The number of ether oxygens (including phenoxy) is 2. The Balaban J connectivity index is 3.87. The molecule has 360 valence electrons. The predicted octanol–water partition coefficient (Wildman–Crippen LogP) is 17.0. The van der Waals surface area contributed by atoms with E-state index in [0.29, 0.717) is 12.8 Å². The summed E-state index contributed by atoms with van der Waals surface area (Å²) in [6.45, 7) is 3.92. The van der Waals surface area contributed by atoms with Crippen molar-refractivity contribution in [3.05, 3.63) is 24.3 Å². The SMILES string of the molecule is CCCCCCC/C=C\C/C=C\CCCCCCCCCCCC(=O)OC(COC(=O)CCCCCCCCCCCCCCCCCCCCCCC)COP(=O)(O)OC. The molecule has 0 fully saturated rings. The Hall–Kier alpha value is -1.47. The van der Waals surface area contributed by atoms with Crippen LogP contribution in [0.3, 0.4) is 0 Å². The molecule has 0 amide bonds. The second-order valence-corrected chi connectivity index (χ2v) is 19.2. The number of hydrogen-bond acceptors (Lipinski definition) is 7. The first-order valence-corrected chi connectivity index (χ1v) is 27.5. The van der Waals surface area contributed by atoms with Crippen LogP contribution in [0.5, 0.6) is 0 Å². The molecule has 0 saturated carbocycles. The zero-order chi connectivity index (χ0) is 44.6. The molecule has 0 aliphatic rings. The lowest BCUT2D eigenvalue weighted by molar-refractivity contribution is -0.161. The molecule has 0 aliphatic heterocycles. The van der Waals surface area contributed by atoms with E-state index in [4.69, 9.17) is 14.0 Å². The van der Waals surface area contributed by atoms with Gasteiger partial charge in [0.05, 0.1) is 6.61 Å². The molecule has 0 heterocycles. The van der Waals surface area contributed by atoms with Gasteiger partial charge in [0.15, 0.2) is 6.10 Å². The second kappa shape index (κ2) is 48.0. The number of allylic oxidation sites excluding steroid dienone is 4. The summed E-state index contributed by atoms with van der Waals surface area (Å²) in [5.74, 6) is -0.793. The van der Waals surface area contributed by atoms with Gasteiger partial charge in [-0.25, -0.2) is 4.57 Å². The average molecular weight is 883 g/mol. The van der Waals surface area contributed by atoms with Gasteiger partial charge in [-0.05, 0) is 44.9 Å². The highest BCUT2D eigenvalue weighted by molar-refractivity contribution is 7.47. The van der Waals surface area contributed by atoms with Crippen LogP contribution in [0.1, 0.15) is 271 Å². The predicted molar refractivity (Wildman–Crippen MR) is 258 cm³/mol. The summed E-state index contributed by atoms with van der Waals surface area (Å²) in [6.07, 6.45) is 56.7. The molecule has 0 aliphatic carbocycles. The summed E-state index contributed by atoms with van der Waals surface area (Å²) in [6, 6.07) is 0. The molecule has 0 rings (SSSR count). The molecule has 2 atom stereocenters. The molecule has 61 heavy (non-hydrogen) atoms. The van der Waals surface area contributed by atoms with Crippen LogP contribution in [0.2, 0.25) is 0 Å². The van der Waals surface area contributed by atoms with E-state index in [1.54, 1.807) is 0 Å². The van der Waals surface area contributed by atoms with Gasteiger partial charge in [0.2, 0.25) is 0 Å². The lowest BCUT2D eigenvalue weighted by atomic mass is 10.0. The van der Waals surface area contributed by atoms with Crippen LogP contribution in [0.4, 0.5) is 0 Å². The number of rotatable bonds is 49. The van der Waals surface area contributed by atoms with E-state index in [9.17, 15) is 19.0 Å². The van der Waals surface area contributed by atoms with Crippen LogP contribution in [-0.4, -0.2) is 43.3 Å². The average Bonchev–Trinajstić information content (AvgIpc) is 3.25. The topological polar surface area (TPSA) is 108 Å². The van der Waals surface area contributed by atoms with Crippen molar-refractivity contribution in [1.82, 2.24) is 0 Å². The van der Waals surface area contributed by atoms with E-state index in [1.165, 1.54) is 193 Å². The maximum Gasteiger partial charge on any atom is 0.472 e. The van der Waals surface area contributed by atoms with Gasteiger partial charge in [-0.2, -0.15) is 0 Å². The number of esters is 2. The van der Waals surface area contributed by atoms with Crippen molar-refractivity contribution in [3.8, 4) is 0 Å². The molecular weight excluding hydrogens is 784 g/mol. The quantitative estimate of drug-likeness (QED) is 0.0279. The van der Waals surface area contributed by atoms with Gasteiger partial charge in [0.25, 0.3) is 0 Å². The highest BCUT2D eigenvalue weighted by atomic mass is 31.2. The van der Waals surface area contributed by atoms with Crippen molar-refractivity contribution >= 4 is 19.8 Å². The van der Waals surface area contributed by atoms with Gasteiger partial charge in [0, 0.05) is 20.0 Å². The zero-order valence-corrected chi connectivity index (χ0v) is 41.2. The molecule has 0 saturated heterocycles. The van der Waals surface area contributed by atoms with Crippen molar-refractivity contribution in [2.45, 2.75) is 277 Å². The molecule has 0 spiro atoms. The minimum absolute atomic E-state index is 0.222. The summed E-state index contributed by atoms with van der Waals surface area (Å²) in [4.78, 5) is 34.7.